The van der Waals surface area contributed by atoms with Crippen molar-refractivity contribution in [3.63, 3.8) is 0 Å². The summed E-state index contributed by atoms with van der Waals surface area (Å²) in [5, 5.41) is 11.0. The molecular formula is C17H18ClNO. The molecule has 0 saturated heterocycles. The van der Waals surface area contributed by atoms with Crippen LogP contribution in [0, 0.1) is 0 Å². The molecule has 3 rings (SSSR count). The van der Waals surface area contributed by atoms with Crippen LogP contribution in [0.2, 0.25) is 5.02 Å². The molecule has 1 aliphatic carbocycles. The highest BCUT2D eigenvalue weighted by Gasteiger charge is 2.23. The number of pyridine rings is 1. The maximum absolute atomic E-state index is 10.4. The van der Waals surface area contributed by atoms with Gasteiger partial charge in [-0.05, 0) is 54.9 Å². The number of aliphatic hydroxyl groups excluding tert-OH is 1. The maximum Gasteiger partial charge on any atom is 0.0965 e. The SMILES string of the molecule is OC(CC1CCCc2ccccc21)c1ccc(Cl)cn1. The van der Waals surface area contributed by atoms with Gasteiger partial charge in [0.15, 0.2) is 0 Å². The van der Waals surface area contributed by atoms with Gasteiger partial charge in [-0.15, -0.1) is 0 Å². The molecule has 0 bridgehead atoms. The molecule has 3 heteroatoms. The monoisotopic (exact) mass is 287 g/mol. The lowest BCUT2D eigenvalue weighted by Crippen LogP contribution is -2.13. The van der Waals surface area contributed by atoms with Crippen LogP contribution in [0.25, 0.3) is 0 Å². The number of hydrogen-bond acceptors (Lipinski definition) is 2. The molecule has 2 nitrogen and oxygen atoms in total. The van der Waals surface area contributed by atoms with Crippen molar-refractivity contribution >= 4 is 11.6 Å². The molecule has 1 aromatic carbocycles. The number of aryl methyl sites for hydroxylation is 1. The van der Waals surface area contributed by atoms with Crippen molar-refractivity contribution in [3.8, 4) is 0 Å². The first kappa shape index (κ1) is 13.6. The molecule has 2 atom stereocenters. The van der Waals surface area contributed by atoms with Crippen LogP contribution in [0.15, 0.2) is 42.6 Å². The maximum atomic E-state index is 10.4. The molecule has 0 saturated carbocycles. The minimum absolute atomic E-state index is 0.424. The molecule has 1 aliphatic rings. The van der Waals surface area contributed by atoms with Crippen LogP contribution in [-0.2, 0) is 6.42 Å². The van der Waals surface area contributed by atoms with Gasteiger partial charge in [0.25, 0.3) is 0 Å². The van der Waals surface area contributed by atoms with Crippen LogP contribution >= 0.6 is 11.6 Å². The predicted octanol–water partition coefficient (Wildman–Crippen LogP) is 4.28. The van der Waals surface area contributed by atoms with Crippen molar-refractivity contribution in [3.05, 3.63) is 64.4 Å². The van der Waals surface area contributed by atoms with Crippen molar-refractivity contribution < 1.29 is 5.11 Å². The van der Waals surface area contributed by atoms with E-state index >= 15 is 0 Å². The van der Waals surface area contributed by atoms with E-state index in [1.54, 1.807) is 12.3 Å². The number of benzene rings is 1. The number of aromatic nitrogens is 1. The number of hydrogen-bond donors (Lipinski definition) is 1. The Bertz CT molecular complexity index is 582. The summed E-state index contributed by atoms with van der Waals surface area (Å²) in [5.41, 5.74) is 3.53. The summed E-state index contributed by atoms with van der Waals surface area (Å²) in [4.78, 5) is 4.22. The fourth-order valence-electron chi connectivity index (χ4n) is 3.07. The Morgan fingerprint density at radius 3 is 2.90 bits per heavy atom. The van der Waals surface area contributed by atoms with Gasteiger partial charge < -0.3 is 5.11 Å². The normalized spacial score (nSPS) is 19.4. The van der Waals surface area contributed by atoms with E-state index < -0.39 is 6.10 Å². The summed E-state index contributed by atoms with van der Waals surface area (Å²) in [7, 11) is 0. The largest absolute Gasteiger partial charge is 0.387 e. The molecule has 1 aromatic heterocycles. The van der Waals surface area contributed by atoms with E-state index in [2.05, 4.69) is 29.2 Å². The quantitative estimate of drug-likeness (QED) is 0.914. The van der Waals surface area contributed by atoms with Crippen molar-refractivity contribution in [1.29, 1.82) is 0 Å². The third kappa shape index (κ3) is 2.87. The van der Waals surface area contributed by atoms with Crippen molar-refractivity contribution in [2.45, 2.75) is 37.7 Å². The second kappa shape index (κ2) is 5.94. The smallest absolute Gasteiger partial charge is 0.0965 e. The highest BCUT2D eigenvalue weighted by Crippen LogP contribution is 2.37. The van der Waals surface area contributed by atoms with Gasteiger partial charge in [-0.2, -0.15) is 0 Å². The number of fused-ring (bicyclic) bond motifs is 1. The van der Waals surface area contributed by atoms with Crippen molar-refractivity contribution in [2.24, 2.45) is 0 Å². The molecule has 2 unspecified atom stereocenters. The fraction of sp³-hybridized carbons (Fsp3) is 0.353. The molecule has 0 spiro atoms. The van der Waals surface area contributed by atoms with E-state index in [0.717, 1.165) is 19.3 Å². The highest BCUT2D eigenvalue weighted by molar-refractivity contribution is 6.30. The van der Waals surface area contributed by atoms with E-state index in [0.29, 0.717) is 16.6 Å². The molecule has 2 aromatic rings. The van der Waals surface area contributed by atoms with E-state index in [9.17, 15) is 5.11 Å². The molecular weight excluding hydrogens is 270 g/mol. The average Bonchev–Trinajstić information content (AvgIpc) is 2.48. The summed E-state index contributed by atoms with van der Waals surface area (Å²) in [5.74, 6) is 0.424. The van der Waals surface area contributed by atoms with E-state index in [1.165, 1.54) is 17.5 Å². The number of nitrogens with zero attached hydrogens (tertiary/aromatic N) is 1. The Morgan fingerprint density at radius 2 is 2.10 bits per heavy atom. The topological polar surface area (TPSA) is 33.1 Å². The van der Waals surface area contributed by atoms with E-state index in [4.69, 9.17) is 11.6 Å². The molecule has 20 heavy (non-hydrogen) atoms. The van der Waals surface area contributed by atoms with Crippen LogP contribution in [0.5, 0.6) is 0 Å². The van der Waals surface area contributed by atoms with Crippen LogP contribution in [0.3, 0.4) is 0 Å². The minimum Gasteiger partial charge on any atom is -0.387 e. The Balaban J connectivity index is 1.77. The molecule has 0 fully saturated rings. The van der Waals surface area contributed by atoms with Crippen molar-refractivity contribution in [1.82, 2.24) is 4.98 Å². The zero-order chi connectivity index (χ0) is 13.9. The zero-order valence-corrected chi connectivity index (χ0v) is 12.1. The Kier molecular flexibility index (Phi) is 4.04. The van der Waals surface area contributed by atoms with Gasteiger partial charge in [0.1, 0.15) is 0 Å². The first-order valence-corrected chi connectivity index (χ1v) is 7.49. The third-order valence-electron chi connectivity index (χ3n) is 4.09. The lowest BCUT2D eigenvalue weighted by atomic mass is 9.79. The summed E-state index contributed by atoms with van der Waals surface area (Å²) in [6.07, 6.45) is 5.29. The first-order chi connectivity index (χ1) is 9.74. The van der Waals surface area contributed by atoms with Gasteiger partial charge in [0, 0.05) is 6.20 Å². The van der Waals surface area contributed by atoms with E-state index in [1.807, 2.05) is 6.07 Å². The fourth-order valence-corrected chi connectivity index (χ4v) is 3.19. The second-order valence-electron chi connectivity index (χ2n) is 5.44. The predicted molar refractivity (Wildman–Crippen MR) is 80.9 cm³/mol. The van der Waals surface area contributed by atoms with Crippen LogP contribution in [0.1, 0.15) is 48.1 Å². The van der Waals surface area contributed by atoms with Crippen LogP contribution in [0.4, 0.5) is 0 Å². The molecule has 0 aliphatic heterocycles. The van der Waals surface area contributed by atoms with Gasteiger partial charge in [0.2, 0.25) is 0 Å². The summed E-state index contributed by atoms with van der Waals surface area (Å²) >= 11 is 5.83. The Labute approximate surface area is 124 Å². The molecule has 1 heterocycles. The van der Waals surface area contributed by atoms with Gasteiger partial charge in [-0.3, -0.25) is 4.98 Å². The van der Waals surface area contributed by atoms with Crippen molar-refractivity contribution in [2.75, 3.05) is 0 Å². The van der Waals surface area contributed by atoms with Gasteiger partial charge in [-0.1, -0.05) is 35.9 Å². The third-order valence-corrected chi connectivity index (χ3v) is 4.32. The molecule has 1 N–H and O–H groups in total. The standard InChI is InChI=1S/C17H18ClNO/c18-14-8-9-16(19-11-14)17(20)10-13-6-3-5-12-4-1-2-7-15(12)13/h1-2,4,7-9,11,13,17,20H,3,5-6,10H2. The minimum atomic E-state index is -0.525. The molecule has 0 radical (unpaired) electrons. The van der Waals surface area contributed by atoms with Gasteiger partial charge >= 0.3 is 0 Å². The Morgan fingerprint density at radius 1 is 1.25 bits per heavy atom. The van der Waals surface area contributed by atoms with Gasteiger partial charge in [-0.25, -0.2) is 0 Å². The van der Waals surface area contributed by atoms with Crippen LogP contribution in [-0.4, -0.2) is 10.1 Å². The van der Waals surface area contributed by atoms with Crippen LogP contribution < -0.4 is 0 Å². The number of rotatable bonds is 3. The second-order valence-corrected chi connectivity index (χ2v) is 5.88. The lowest BCUT2D eigenvalue weighted by Gasteiger charge is -2.27. The van der Waals surface area contributed by atoms with E-state index in [-0.39, 0.29) is 0 Å². The average molecular weight is 288 g/mol. The summed E-state index contributed by atoms with van der Waals surface area (Å²) in [6, 6.07) is 12.2. The summed E-state index contributed by atoms with van der Waals surface area (Å²) < 4.78 is 0. The highest BCUT2D eigenvalue weighted by atomic mass is 35.5. The summed E-state index contributed by atoms with van der Waals surface area (Å²) in [6.45, 7) is 0. The first-order valence-electron chi connectivity index (χ1n) is 7.11. The number of aliphatic hydroxyl groups is 1. The Hall–Kier alpha value is -1.38. The van der Waals surface area contributed by atoms with Gasteiger partial charge in [0.05, 0.1) is 16.8 Å². The molecule has 104 valence electrons. The molecule has 0 amide bonds. The zero-order valence-electron chi connectivity index (χ0n) is 11.3. The lowest BCUT2D eigenvalue weighted by molar-refractivity contribution is 0.149. The number of halogens is 1.